The van der Waals surface area contributed by atoms with Crippen molar-refractivity contribution >= 4 is 50.8 Å². The molecule has 1 fully saturated rings. The van der Waals surface area contributed by atoms with Crippen molar-refractivity contribution in [3.05, 3.63) is 45.0 Å². The fraction of sp³-hybridized carbons (Fsp3) is 0.409. The highest BCUT2D eigenvalue weighted by Crippen LogP contribution is 2.33. The maximum absolute atomic E-state index is 13.3. The lowest BCUT2D eigenvalue weighted by molar-refractivity contribution is -0.129. The fourth-order valence-corrected chi connectivity index (χ4v) is 5.79. The van der Waals surface area contributed by atoms with Gasteiger partial charge in [0.05, 0.1) is 11.1 Å². The molecule has 158 valence electrons. The molecule has 0 aliphatic carbocycles. The highest BCUT2D eigenvalue weighted by atomic mass is 35.5. The van der Waals surface area contributed by atoms with E-state index in [0.717, 1.165) is 37.1 Å². The van der Waals surface area contributed by atoms with Crippen LogP contribution in [0.4, 0.5) is 0 Å². The van der Waals surface area contributed by atoms with Crippen LogP contribution in [0.1, 0.15) is 26.7 Å². The molecule has 0 radical (unpaired) electrons. The number of thioether (sulfide) groups is 1. The molecular weight excluding hydrogens is 438 g/mol. The normalized spacial score (nSPS) is 15.1. The minimum atomic E-state index is -0.0598. The van der Waals surface area contributed by atoms with Crippen molar-refractivity contribution in [3.63, 3.8) is 0 Å². The number of piperidine rings is 1. The van der Waals surface area contributed by atoms with Gasteiger partial charge in [-0.1, -0.05) is 42.4 Å². The van der Waals surface area contributed by atoms with Crippen LogP contribution in [0.25, 0.3) is 21.3 Å². The molecule has 1 aliphatic heterocycles. The number of fused-ring (bicyclic) bond motifs is 1. The van der Waals surface area contributed by atoms with Crippen molar-refractivity contribution in [1.82, 2.24) is 14.5 Å². The maximum Gasteiger partial charge on any atom is 0.263 e. The molecule has 1 saturated heterocycles. The number of aromatic nitrogens is 2. The Labute approximate surface area is 189 Å². The molecule has 1 aromatic carbocycles. The Balaban J connectivity index is 1.61. The van der Waals surface area contributed by atoms with Gasteiger partial charge in [0.15, 0.2) is 5.16 Å². The van der Waals surface area contributed by atoms with Gasteiger partial charge in [-0.15, -0.1) is 11.3 Å². The van der Waals surface area contributed by atoms with E-state index in [9.17, 15) is 9.59 Å². The molecule has 1 aliphatic rings. The average Bonchev–Trinajstić information content (AvgIpc) is 3.17. The fourth-order valence-electron chi connectivity index (χ4n) is 3.71. The molecule has 0 bridgehead atoms. The van der Waals surface area contributed by atoms with Crippen molar-refractivity contribution < 1.29 is 4.79 Å². The lowest BCUT2D eigenvalue weighted by Crippen LogP contribution is -2.39. The van der Waals surface area contributed by atoms with Crippen LogP contribution in [0.15, 0.2) is 39.6 Å². The number of thiophene rings is 1. The molecule has 30 heavy (non-hydrogen) atoms. The highest BCUT2D eigenvalue weighted by molar-refractivity contribution is 7.99. The van der Waals surface area contributed by atoms with E-state index in [1.807, 2.05) is 41.5 Å². The van der Waals surface area contributed by atoms with E-state index >= 15 is 0 Å². The van der Waals surface area contributed by atoms with Crippen LogP contribution in [0.3, 0.4) is 0 Å². The monoisotopic (exact) mass is 461 g/mol. The van der Waals surface area contributed by atoms with Crippen molar-refractivity contribution in [2.24, 2.45) is 5.92 Å². The Bertz CT molecular complexity index is 1120. The van der Waals surface area contributed by atoms with Gasteiger partial charge in [0.2, 0.25) is 5.91 Å². The summed E-state index contributed by atoms with van der Waals surface area (Å²) in [6.45, 7) is 6.32. The summed E-state index contributed by atoms with van der Waals surface area (Å²) in [7, 11) is 0. The summed E-state index contributed by atoms with van der Waals surface area (Å²) in [6, 6.07) is 7.48. The summed E-state index contributed by atoms with van der Waals surface area (Å²) in [5.74, 6) is 1.11. The van der Waals surface area contributed by atoms with Gasteiger partial charge in [-0.25, -0.2) is 4.98 Å². The summed E-state index contributed by atoms with van der Waals surface area (Å²) < 4.78 is 1.67. The smallest absolute Gasteiger partial charge is 0.263 e. The van der Waals surface area contributed by atoms with Gasteiger partial charge < -0.3 is 4.90 Å². The molecule has 8 heteroatoms. The van der Waals surface area contributed by atoms with Crippen LogP contribution in [-0.2, 0) is 11.3 Å². The molecule has 0 saturated carbocycles. The first kappa shape index (κ1) is 21.4. The van der Waals surface area contributed by atoms with Gasteiger partial charge >= 0.3 is 0 Å². The summed E-state index contributed by atoms with van der Waals surface area (Å²) in [5, 5.41) is 3.87. The largest absolute Gasteiger partial charge is 0.342 e. The first-order chi connectivity index (χ1) is 14.5. The van der Waals surface area contributed by atoms with E-state index in [0.29, 0.717) is 38.6 Å². The van der Waals surface area contributed by atoms with Crippen molar-refractivity contribution in [3.8, 4) is 11.1 Å². The molecule has 0 N–H and O–H groups in total. The van der Waals surface area contributed by atoms with Gasteiger partial charge in [-0.2, -0.15) is 0 Å². The zero-order chi connectivity index (χ0) is 21.3. The zero-order valence-corrected chi connectivity index (χ0v) is 19.4. The third kappa shape index (κ3) is 4.29. The molecule has 0 unspecified atom stereocenters. The Hall–Kier alpha value is -1.83. The topological polar surface area (TPSA) is 55.2 Å². The Morgan fingerprint density at radius 2 is 1.97 bits per heavy atom. The number of hydrogen-bond donors (Lipinski definition) is 0. The predicted molar refractivity (Wildman–Crippen MR) is 126 cm³/mol. The van der Waals surface area contributed by atoms with E-state index < -0.39 is 0 Å². The first-order valence-corrected chi connectivity index (χ1v) is 12.4. The third-order valence-electron chi connectivity index (χ3n) is 5.59. The number of amides is 1. The molecular formula is C22H24ClN3O2S2. The average molecular weight is 462 g/mol. The molecule has 5 nitrogen and oxygen atoms in total. The van der Waals surface area contributed by atoms with Crippen LogP contribution in [0, 0.1) is 5.92 Å². The minimum absolute atomic E-state index is 0.0598. The maximum atomic E-state index is 13.3. The number of hydrogen-bond acceptors (Lipinski definition) is 5. The number of likely N-dealkylation sites (tertiary alicyclic amines) is 1. The highest BCUT2D eigenvalue weighted by Gasteiger charge is 2.22. The Kier molecular flexibility index (Phi) is 6.51. The van der Waals surface area contributed by atoms with Crippen LogP contribution in [0.5, 0.6) is 0 Å². The summed E-state index contributed by atoms with van der Waals surface area (Å²) >= 11 is 8.82. The van der Waals surface area contributed by atoms with Gasteiger partial charge in [-0.05, 0) is 43.4 Å². The van der Waals surface area contributed by atoms with Crippen molar-refractivity contribution in [1.29, 1.82) is 0 Å². The third-order valence-corrected chi connectivity index (χ3v) is 7.68. The molecule has 0 atom stereocenters. The quantitative estimate of drug-likeness (QED) is 0.389. The number of halogens is 1. The van der Waals surface area contributed by atoms with Gasteiger partial charge in [0, 0.05) is 35.6 Å². The van der Waals surface area contributed by atoms with Crippen LogP contribution in [0.2, 0.25) is 5.02 Å². The number of carbonyl (C=O) groups excluding carboxylic acids is 1. The molecule has 3 heterocycles. The van der Waals surface area contributed by atoms with E-state index in [-0.39, 0.29) is 11.5 Å². The minimum Gasteiger partial charge on any atom is -0.342 e. The van der Waals surface area contributed by atoms with Crippen LogP contribution >= 0.6 is 34.7 Å². The van der Waals surface area contributed by atoms with Gasteiger partial charge in [0.1, 0.15) is 4.83 Å². The van der Waals surface area contributed by atoms with E-state index in [1.165, 1.54) is 23.1 Å². The molecule has 4 rings (SSSR count). The second-order valence-electron chi connectivity index (χ2n) is 7.63. The lowest BCUT2D eigenvalue weighted by Gasteiger charge is -2.30. The van der Waals surface area contributed by atoms with Gasteiger partial charge in [-0.3, -0.25) is 14.2 Å². The molecule has 2 aromatic heterocycles. The molecule has 3 aromatic rings. The van der Waals surface area contributed by atoms with E-state index in [1.54, 1.807) is 4.57 Å². The zero-order valence-electron chi connectivity index (χ0n) is 17.1. The second kappa shape index (κ2) is 9.12. The number of carbonyl (C=O) groups is 1. The lowest BCUT2D eigenvalue weighted by atomic mass is 9.99. The van der Waals surface area contributed by atoms with Crippen LogP contribution < -0.4 is 5.56 Å². The Morgan fingerprint density at radius 3 is 2.63 bits per heavy atom. The summed E-state index contributed by atoms with van der Waals surface area (Å²) in [4.78, 5) is 33.3. The van der Waals surface area contributed by atoms with E-state index in [2.05, 4.69) is 6.92 Å². The summed E-state index contributed by atoms with van der Waals surface area (Å²) in [5.41, 5.74) is 1.76. The SMILES string of the molecule is CCn1c(SCC(=O)N2CCC(C)CC2)nc2scc(-c3ccc(Cl)cc3)c2c1=O. The standard InChI is InChI=1S/C22H24ClN3O2S2/c1-3-26-21(28)19-17(15-4-6-16(23)7-5-15)12-29-20(19)24-22(26)30-13-18(27)25-10-8-14(2)9-11-25/h4-7,12,14H,3,8-11,13H2,1-2H3. The number of nitrogens with zero attached hydrogens (tertiary/aromatic N) is 3. The van der Waals surface area contributed by atoms with Gasteiger partial charge in [0.25, 0.3) is 5.56 Å². The number of rotatable bonds is 5. The summed E-state index contributed by atoms with van der Waals surface area (Å²) in [6.07, 6.45) is 2.12. The second-order valence-corrected chi connectivity index (χ2v) is 9.87. The molecule has 1 amide bonds. The Morgan fingerprint density at radius 1 is 1.27 bits per heavy atom. The predicted octanol–water partition coefficient (Wildman–Crippen LogP) is 5.15. The van der Waals surface area contributed by atoms with Crippen molar-refractivity contribution in [2.75, 3.05) is 18.8 Å². The van der Waals surface area contributed by atoms with E-state index in [4.69, 9.17) is 16.6 Å². The number of benzene rings is 1. The van der Waals surface area contributed by atoms with Crippen molar-refractivity contribution in [2.45, 2.75) is 38.4 Å². The molecule has 0 spiro atoms. The van der Waals surface area contributed by atoms with Crippen LogP contribution in [-0.4, -0.2) is 39.2 Å². The first-order valence-electron chi connectivity index (χ1n) is 10.2.